The van der Waals surface area contributed by atoms with Crippen LogP contribution in [-0.2, 0) is 24.2 Å². The molecule has 1 N–H and O–H groups in total. The van der Waals surface area contributed by atoms with E-state index in [9.17, 15) is 13.2 Å². The molecule has 8 heteroatoms. The number of carbonyl (C=O) groups is 1. The zero-order chi connectivity index (χ0) is 19.5. The third-order valence-corrected chi connectivity index (χ3v) is 6.21. The Morgan fingerprint density at radius 1 is 1.19 bits per heavy atom. The number of benzene rings is 1. The van der Waals surface area contributed by atoms with Crippen LogP contribution in [0, 0.1) is 6.92 Å². The van der Waals surface area contributed by atoms with Crippen LogP contribution < -0.4 is 4.72 Å². The van der Waals surface area contributed by atoms with Gasteiger partial charge in [0.1, 0.15) is 5.60 Å². The summed E-state index contributed by atoms with van der Waals surface area (Å²) in [6, 6.07) is 6.18. The van der Waals surface area contributed by atoms with E-state index in [4.69, 9.17) is 14.2 Å². The maximum Gasteiger partial charge on any atom is 0.422 e. The lowest BCUT2D eigenvalue weighted by Crippen LogP contribution is -2.47. The Morgan fingerprint density at radius 3 is 2.33 bits per heavy atom. The number of ether oxygens (including phenoxy) is 3. The molecular formula is C19H23NO6S. The molecule has 7 nitrogen and oxygen atoms in total. The van der Waals surface area contributed by atoms with Crippen molar-refractivity contribution in [2.75, 3.05) is 13.2 Å². The highest BCUT2D eigenvalue weighted by Crippen LogP contribution is 2.42. The van der Waals surface area contributed by atoms with E-state index in [1.807, 2.05) is 11.6 Å². The molecule has 1 aliphatic carbocycles. The van der Waals surface area contributed by atoms with E-state index in [0.29, 0.717) is 38.9 Å². The molecule has 2 fully saturated rings. The zero-order valence-electron chi connectivity index (χ0n) is 15.2. The van der Waals surface area contributed by atoms with Crippen LogP contribution in [0.4, 0.5) is 4.79 Å². The minimum absolute atomic E-state index is 0.00582. The van der Waals surface area contributed by atoms with Gasteiger partial charge in [0, 0.05) is 18.9 Å². The van der Waals surface area contributed by atoms with Gasteiger partial charge in [0.25, 0.3) is 10.0 Å². The van der Waals surface area contributed by atoms with E-state index in [0.717, 1.165) is 5.56 Å². The summed E-state index contributed by atoms with van der Waals surface area (Å²) in [5, 5.41) is 0. The van der Waals surface area contributed by atoms with Crippen molar-refractivity contribution in [3.63, 3.8) is 0 Å². The maximum absolute atomic E-state index is 12.4. The van der Waals surface area contributed by atoms with Crippen LogP contribution in [0.15, 0.2) is 47.5 Å². The molecule has 27 heavy (non-hydrogen) atoms. The van der Waals surface area contributed by atoms with Crippen LogP contribution in [0.2, 0.25) is 0 Å². The lowest BCUT2D eigenvalue weighted by atomic mass is 9.81. The Labute approximate surface area is 159 Å². The first-order valence-corrected chi connectivity index (χ1v) is 10.2. The van der Waals surface area contributed by atoms with Gasteiger partial charge in [-0.05, 0) is 31.9 Å². The molecule has 1 saturated carbocycles. The van der Waals surface area contributed by atoms with Crippen molar-refractivity contribution < 1.29 is 27.4 Å². The molecule has 2 aliphatic rings. The fourth-order valence-corrected chi connectivity index (χ4v) is 4.27. The van der Waals surface area contributed by atoms with E-state index < -0.39 is 27.5 Å². The van der Waals surface area contributed by atoms with Crippen LogP contribution in [-0.4, -0.2) is 39.1 Å². The molecule has 0 unspecified atom stereocenters. The highest BCUT2D eigenvalue weighted by Gasteiger charge is 2.47. The Morgan fingerprint density at radius 2 is 1.78 bits per heavy atom. The highest BCUT2D eigenvalue weighted by atomic mass is 32.2. The average molecular weight is 393 g/mol. The van der Waals surface area contributed by atoms with Crippen molar-refractivity contribution in [1.29, 1.82) is 0 Å². The smallest absolute Gasteiger partial charge is 0.422 e. The molecule has 1 heterocycles. The second kappa shape index (κ2) is 7.48. The first-order valence-electron chi connectivity index (χ1n) is 8.76. The molecule has 0 radical (unpaired) electrons. The van der Waals surface area contributed by atoms with Crippen molar-refractivity contribution in [2.24, 2.45) is 0 Å². The molecule has 1 aromatic rings. The summed E-state index contributed by atoms with van der Waals surface area (Å²) >= 11 is 0. The molecular weight excluding hydrogens is 370 g/mol. The lowest BCUT2D eigenvalue weighted by molar-refractivity contribution is -0.196. The number of carbonyl (C=O) groups excluding carboxylic acids is 1. The number of hydrogen-bond acceptors (Lipinski definition) is 6. The molecule has 3 rings (SSSR count). The number of hydrogen-bond donors (Lipinski definition) is 1. The van der Waals surface area contributed by atoms with Gasteiger partial charge in [-0.2, -0.15) is 0 Å². The van der Waals surface area contributed by atoms with Crippen molar-refractivity contribution in [2.45, 2.75) is 48.9 Å². The third kappa shape index (κ3) is 4.42. The van der Waals surface area contributed by atoms with Gasteiger partial charge in [0.15, 0.2) is 5.79 Å². The Balaban J connectivity index is 1.69. The fourth-order valence-electron chi connectivity index (χ4n) is 3.39. The molecule has 1 spiro atoms. The number of rotatable bonds is 4. The second-order valence-electron chi connectivity index (χ2n) is 6.83. The van der Waals surface area contributed by atoms with Crippen molar-refractivity contribution >= 4 is 16.1 Å². The predicted molar refractivity (Wildman–Crippen MR) is 97.5 cm³/mol. The summed E-state index contributed by atoms with van der Waals surface area (Å²) in [6.07, 6.45) is 2.44. The van der Waals surface area contributed by atoms with Gasteiger partial charge in [0.05, 0.1) is 18.1 Å². The Bertz CT molecular complexity index is 839. The molecule has 1 aromatic carbocycles. The van der Waals surface area contributed by atoms with Gasteiger partial charge in [-0.15, -0.1) is 5.73 Å². The van der Waals surface area contributed by atoms with E-state index >= 15 is 0 Å². The molecule has 146 valence electrons. The summed E-state index contributed by atoms with van der Waals surface area (Å²) in [5.74, 6) is -0.633. The minimum atomic E-state index is -4.01. The van der Waals surface area contributed by atoms with Gasteiger partial charge >= 0.3 is 6.09 Å². The Hall–Kier alpha value is -2.12. The van der Waals surface area contributed by atoms with E-state index in [1.54, 1.807) is 18.2 Å². The summed E-state index contributed by atoms with van der Waals surface area (Å²) in [4.78, 5) is 12.3. The quantitative estimate of drug-likeness (QED) is 0.791. The highest BCUT2D eigenvalue weighted by molar-refractivity contribution is 7.90. The lowest BCUT2D eigenvalue weighted by Gasteiger charge is -2.40. The maximum atomic E-state index is 12.4. The summed E-state index contributed by atoms with van der Waals surface area (Å²) in [5.41, 5.74) is 2.58. The van der Waals surface area contributed by atoms with Gasteiger partial charge in [0.2, 0.25) is 0 Å². The first kappa shape index (κ1) is 19.6. The molecule has 0 bridgehead atoms. The van der Waals surface area contributed by atoms with Crippen LogP contribution in [0.25, 0.3) is 0 Å². The monoisotopic (exact) mass is 393 g/mol. The van der Waals surface area contributed by atoms with Gasteiger partial charge < -0.3 is 14.2 Å². The molecule has 1 amide bonds. The fraction of sp³-hybridized carbons (Fsp3) is 0.474. The van der Waals surface area contributed by atoms with Crippen molar-refractivity contribution in [3.8, 4) is 0 Å². The normalized spacial score (nSPS) is 20.6. The van der Waals surface area contributed by atoms with E-state index in [-0.39, 0.29) is 4.90 Å². The molecule has 1 saturated heterocycles. The van der Waals surface area contributed by atoms with Gasteiger partial charge in [-0.25, -0.2) is 17.9 Å². The summed E-state index contributed by atoms with van der Waals surface area (Å²) in [6.45, 7) is 6.48. The molecule has 0 atom stereocenters. The molecule has 1 aliphatic heterocycles. The topological polar surface area (TPSA) is 90.9 Å². The van der Waals surface area contributed by atoms with Crippen molar-refractivity contribution in [3.05, 3.63) is 48.2 Å². The van der Waals surface area contributed by atoms with Crippen LogP contribution in [0.1, 0.15) is 31.2 Å². The minimum Gasteiger partial charge on any atom is -0.437 e. The van der Waals surface area contributed by atoms with Crippen molar-refractivity contribution in [1.82, 2.24) is 4.72 Å². The SMILES string of the molecule is C=C=CC1(OC(=O)NS(=O)(=O)c2ccc(C)cc2)CCC2(CC1)OCCO2. The number of amides is 1. The first-order chi connectivity index (χ1) is 12.8. The number of aryl methyl sites for hydroxylation is 1. The second-order valence-corrected chi connectivity index (χ2v) is 8.51. The largest absolute Gasteiger partial charge is 0.437 e. The third-order valence-electron chi connectivity index (χ3n) is 4.88. The van der Waals surface area contributed by atoms with Crippen LogP contribution in [0.3, 0.4) is 0 Å². The van der Waals surface area contributed by atoms with Crippen LogP contribution >= 0.6 is 0 Å². The zero-order valence-corrected chi connectivity index (χ0v) is 16.0. The summed E-state index contributed by atoms with van der Waals surface area (Å²) in [7, 11) is -4.01. The molecule has 0 aromatic heterocycles. The standard InChI is InChI=1S/C19H23NO6S/c1-3-8-18(9-11-19(12-10-18)24-13-14-25-19)26-17(21)20-27(22,23)16-6-4-15(2)5-7-16/h4-8H,1,9-14H2,2H3,(H,20,21). The predicted octanol–water partition coefficient (Wildman–Crippen LogP) is 2.81. The summed E-state index contributed by atoms with van der Waals surface area (Å²) < 4.78 is 43.6. The van der Waals surface area contributed by atoms with E-state index in [2.05, 4.69) is 12.3 Å². The van der Waals surface area contributed by atoms with E-state index in [1.165, 1.54) is 12.1 Å². The van der Waals surface area contributed by atoms with Crippen LogP contribution in [0.5, 0.6) is 0 Å². The number of sulfonamides is 1. The number of nitrogens with one attached hydrogen (secondary N) is 1. The van der Waals surface area contributed by atoms with Gasteiger partial charge in [-0.3, -0.25) is 0 Å². The Kier molecular flexibility index (Phi) is 5.44. The average Bonchev–Trinajstić information content (AvgIpc) is 3.07. The van der Waals surface area contributed by atoms with Gasteiger partial charge in [-0.1, -0.05) is 24.3 Å².